The minimum absolute atomic E-state index is 0.590. The largest absolute Gasteiger partial charge is 0.371 e. The Balaban J connectivity index is 2.36. The summed E-state index contributed by atoms with van der Waals surface area (Å²) >= 11 is 0. The van der Waals surface area contributed by atoms with Crippen LogP contribution in [0.5, 0.6) is 0 Å². The lowest BCUT2D eigenvalue weighted by molar-refractivity contribution is 0.797. The van der Waals surface area contributed by atoms with E-state index in [4.69, 9.17) is 5.73 Å². The topological polar surface area (TPSA) is 32.5 Å². The molecule has 0 aliphatic carbocycles. The Bertz CT molecular complexity index is 398. The molecular weight excluding hydrogens is 198 g/mol. The van der Waals surface area contributed by atoms with Gasteiger partial charge in [0, 0.05) is 33.7 Å². The van der Waals surface area contributed by atoms with Gasteiger partial charge in [0.05, 0.1) is 11.4 Å². The van der Waals surface area contributed by atoms with E-state index in [0.29, 0.717) is 6.54 Å². The van der Waals surface area contributed by atoms with Gasteiger partial charge < -0.3 is 15.5 Å². The third-order valence-corrected chi connectivity index (χ3v) is 3.04. The molecule has 86 valence electrons. The van der Waals surface area contributed by atoms with E-state index < -0.39 is 0 Å². The van der Waals surface area contributed by atoms with Crippen LogP contribution in [0.1, 0.15) is 5.56 Å². The fourth-order valence-electron chi connectivity index (χ4n) is 2.02. The quantitative estimate of drug-likeness (QED) is 0.815. The first-order valence-electron chi connectivity index (χ1n) is 5.65. The second-order valence-corrected chi connectivity index (χ2v) is 4.23. The number of rotatable bonds is 2. The minimum Gasteiger partial charge on any atom is -0.371 e. The van der Waals surface area contributed by atoms with Crippen molar-refractivity contribution in [1.29, 1.82) is 0 Å². The SMILES string of the molecule is CN1CCN(C)c2cc(/C=C/CN)ccc21. The van der Waals surface area contributed by atoms with Crippen molar-refractivity contribution in [2.24, 2.45) is 5.73 Å². The van der Waals surface area contributed by atoms with E-state index in [1.54, 1.807) is 0 Å². The molecule has 2 rings (SSSR count). The maximum atomic E-state index is 5.46. The van der Waals surface area contributed by atoms with Crippen LogP contribution in [-0.2, 0) is 0 Å². The zero-order chi connectivity index (χ0) is 11.5. The van der Waals surface area contributed by atoms with E-state index in [9.17, 15) is 0 Å². The number of likely N-dealkylation sites (N-methyl/N-ethyl adjacent to an activating group) is 2. The first kappa shape index (κ1) is 11.0. The number of nitrogens with two attached hydrogens (primary N) is 1. The molecule has 3 nitrogen and oxygen atoms in total. The Morgan fingerprint density at radius 2 is 1.88 bits per heavy atom. The van der Waals surface area contributed by atoms with E-state index in [-0.39, 0.29) is 0 Å². The summed E-state index contributed by atoms with van der Waals surface area (Å²) in [5, 5.41) is 0. The zero-order valence-electron chi connectivity index (χ0n) is 9.98. The maximum Gasteiger partial charge on any atom is 0.0608 e. The molecule has 0 saturated carbocycles. The molecule has 0 fully saturated rings. The van der Waals surface area contributed by atoms with E-state index in [1.807, 2.05) is 6.08 Å². The highest BCUT2D eigenvalue weighted by molar-refractivity contribution is 5.76. The van der Waals surface area contributed by atoms with Crippen LogP contribution in [0.15, 0.2) is 24.3 Å². The van der Waals surface area contributed by atoms with Gasteiger partial charge >= 0.3 is 0 Å². The third-order valence-electron chi connectivity index (χ3n) is 3.04. The van der Waals surface area contributed by atoms with Gasteiger partial charge in [0.2, 0.25) is 0 Å². The first-order chi connectivity index (χ1) is 7.72. The summed E-state index contributed by atoms with van der Waals surface area (Å²) in [6.45, 7) is 2.75. The van der Waals surface area contributed by atoms with Gasteiger partial charge in [-0.25, -0.2) is 0 Å². The Morgan fingerprint density at radius 3 is 2.56 bits per heavy atom. The molecule has 2 N–H and O–H groups in total. The molecule has 16 heavy (non-hydrogen) atoms. The third kappa shape index (κ3) is 2.04. The number of hydrogen-bond acceptors (Lipinski definition) is 3. The van der Waals surface area contributed by atoms with Crippen LogP contribution in [0.3, 0.4) is 0 Å². The molecule has 0 atom stereocenters. The number of fused-ring (bicyclic) bond motifs is 1. The highest BCUT2D eigenvalue weighted by Gasteiger charge is 2.16. The summed E-state index contributed by atoms with van der Waals surface area (Å²) in [5.74, 6) is 0. The van der Waals surface area contributed by atoms with Gasteiger partial charge in [-0.05, 0) is 17.7 Å². The van der Waals surface area contributed by atoms with Crippen molar-refractivity contribution >= 4 is 17.5 Å². The molecule has 0 aromatic heterocycles. The standard InChI is InChI=1S/C13H19N3/c1-15-8-9-16(2)13-10-11(4-3-7-14)5-6-12(13)15/h3-6,10H,7-9,14H2,1-2H3/b4-3+. The minimum atomic E-state index is 0.590. The van der Waals surface area contributed by atoms with Crippen molar-refractivity contribution in [3.05, 3.63) is 29.8 Å². The van der Waals surface area contributed by atoms with Crippen molar-refractivity contribution in [3.63, 3.8) is 0 Å². The molecule has 0 radical (unpaired) electrons. The Kier molecular flexibility index (Phi) is 3.15. The van der Waals surface area contributed by atoms with Crippen LogP contribution < -0.4 is 15.5 Å². The van der Waals surface area contributed by atoms with Gasteiger partial charge in [-0.3, -0.25) is 0 Å². The first-order valence-corrected chi connectivity index (χ1v) is 5.65. The van der Waals surface area contributed by atoms with E-state index in [0.717, 1.165) is 13.1 Å². The molecule has 1 aromatic carbocycles. The second kappa shape index (κ2) is 4.58. The van der Waals surface area contributed by atoms with Crippen LogP contribution in [0.25, 0.3) is 6.08 Å². The number of anilines is 2. The van der Waals surface area contributed by atoms with Crippen molar-refractivity contribution in [1.82, 2.24) is 0 Å². The zero-order valence-corrected chi connectivity index (χ0v) is 9.98. The number of nitrogens with zero attached hydrogens (tertiary/aromatic N) is 2. The number of benzene rings is 1. The van der Waals surface area contributed by atoms with Gasteiger partial charge in [-0.2, -0.15) is 0 Å². The van der Waals surface area contributed by atoms with Crippen LogP contribution in [0, 0.1) is 0 Å². The van der Waals surface area contributed by atoms with Crippen molar-refractivity contribution < 1.29 is 0 Å². The lowest BCUT2D eigenvalue weighted by atomic mass is 10.1. The summed E-state index contributed by atoms with van der Waals surface area (Å²) in [4.78, 5) is 4.60. The molecule has 0 amide bonds. The molecule has 1 aromatic rings. The van der Waals surface area contributed by atoms with Crippen molar-refractivity contribution in [2.45, 2.75) is 0 Å². The van der Waals surface area contributed by atoms with Gasteiger partial charge in [0.25, 0.3) is 0 Å². The van der Waals surface area contributed by atoms with E-state index in [1.165, 1.54) is 16.9 Å². The van der Waals surface area contributed by atoms with Crippen LogP contribution >= 0.6 is 0 Å². The summed E-state index contributed by atoms with van der Waals surface area (Å²) in [6.07, 6.45) is 4.05. The lowest BCUT2D eigenvalue weighted by Crippen LogP contribution is -2.36. The maximum absolute atomic E-state index is 5.46. The summed E-state index contributed by atoms with van der Waals surface area (Å²) < 4.78 is 0. The molecule has 0 spiro atoms. The monoisotopic (exact) mass is 217 g/mol. The van der Waals surface area contributed by atoms with E-state index in [2.05, 4.69) is 48.2 Å². The van der Waals surface area contributed by atoms with Crippen LogP contribution in [-0.4, -0.2) is 33.7 Å². The molecule has 3 heteroatoms. The molecule has 0 unspecified atom stereocenters. The molecule has 0 bridgehead atoms. The van der Waals surface area contributed by atoms with Gasteiger partial charge in [-0.1, -0.05) is 18.2 Å². The van der Waals surface area contributed by atoms with E-state index >= 15 is 0 Å². The normalized spacial score (nSPS) is 15.7. The molecule has 1 aliphatic heterocycles. The summed E-state index contributed by atoms with van der Waals surface area (Å²) in [6, 6.07) is 6.54. The van der Waals surface area contributed by atoms with Gasteiger partial charge in [0.1, 0.15) is 0 Å². The molecule has 0 saturated heterocycles. The predicted molar refractivity (Wildman–Crippen MR) is 71.1 cm³/mol. The fraction of sp³-hybridized carbons (Fsp3) is 0.385. The Morgan fingerprint density at radius 1 is 1.19 bits per heavy atom. The second-order valence-electron chi connectivity index (χ2n) is 4.23. The highest BCUT2D eigenvalue weighted by Crippen LogP contribution is 2.32. The predicted octanol–water partition coefficient (Wildman–Crippen LogP) is 1.54. The smallest absolute Gasteiger partial charge is 0.0608 e. The summed E-state index contributed by atoms with van der Waals surface area (Å²) in [7, 11) is 4.28. The molecule has 1 heterocycles. The highest BCUT2D eigenvalue weighted by atomic mass is 15.2. The van der Waals surface area contributed by atoms with Crippen LogP contribution in [0.2, 0.25) is 0 Å². The van der Waals surface area contributed by atoms with Gasteiger partial charge in [0.15, 0.2) is 0 Å². The average molecular weight is 217 g/mol. The molecule has 1 aliphatic rings. The Labute approximate surface area is 97.2 Å². The molecular formula is C13H19N3. The van der Waals surface area contributed by atoms with Gasteiger partial charge in [-0.15, -0.1) is 0 Å². The van der Waals surface area contributed by atoms with Crippen molar-refractivity contribution in [2.75, 3.05) is 43.5 Å². The number of hydrogen-bond donors (Lipinski definition) is 1. The summed E-state index contributed by atoms with van der Waals surface area (Å²) in [5.41, 5.74) is 9.28. The average Bonchev–Trinajstić information content (AvgIpc) is 2.31. The lowest BCUT2D eigenvalue weighted by Gasteiger charge is -2.34. The van der Waals surface area contributed by atoms with Crippen LogP contribution in [0.4, 0.5) is 11.4 Å². The fourth-order valence-corrected chi connectivity index (χ4v) is 2.02. The Hall–Kier alpha value is -1.48. The van der Waals surface area contributed by atoms with Crippen molar-refractivity contribution in [3.8, 4) is 0 Å².